The number of carboxylic acid groups (broad SMARTS) is 1. The number of nitrogens with one attached hydrogen (secondary N) is 1. The summed E-state index contributed by atoms with van der Waals surface area (Å²) in [5.74, 6) is -0.790. The number of aryl methyl sites for hydroxylation is 2. The fourth-order valence-electron chi connectivity index (χ4n) is 2.49. The van der Waals surface area contributed by atoms with Crippen LogP contribution in [0, 0.1) is 13.8 Å². The molecule has 0 radical (unpaired) electrons. The minimum Gasteiger partial charge on any atom is -0.480 e. The maximum absolute atomic E-state index is 11.3. The number of fused-ring (bicyclic) bond motifs is 1. The highest BCUT2D eigenvalue weighted by Crippen LogP contribution is 2.30. The van der Waals surface area contributed by atoms with Crippen molar-refractivity contribution in [2.75, 3.05) is 0 Å². The molecular weight excluding hydrogens is 202 g/mol. The molecule has 0 fully saturated rings. The van der Waals surface area contributed by atoms with E-state index >= 15 is 0 Å². The number of rotatable bonds is 1. The van der Waals surface area contributed by atoms with E-state index < -0.39 is 12.0 Å². The van der Waals surface area contributed by atoms with Gasteiger partial charge in [-0.2, -0.15) is 0 Å². The molecule has 1 aliphatic rings. The number of benzene rings is 1. The van der Waals surface area contributed by atoms with Crippen LogP contribution >= 0.6 is 0 Å². The fourth-order valence-corrected chi connectivity index (χ4v) is 2.49. The van der Waals surface area contributed by atoms with Crippen LogP contribution in [-0.2, 0) is 11.2 Å². The van der Waals surface area contributed by atoms with E-state index in [4.69, 9.17) is 0 Å². The summed E-state index contributed by atoms with van der Waals surface area (Å²) in [6, 6.07) is 3.74. The molecule has 3 nitrogen and oxygen atoms in total. The quantitative estimate of drug-likeness (QED) is 0.759. The number of hydrogen-bond acceptors (Lipinski definition) is 2. The van der Waals surface area contributed by atoms with Crippen LogP contribution in [0.2, 0.25) is 0 Å². The van der Waals surface area contributed by atoms with Crippen LogP contribution in [0.25, 0.3) is 0 Å². The Morgan fingerprint density at radius 1 is 1.38 bits per heavy atom. The SMILES string of the molecule is Cc1ccc(C)c2c1CC(C)NC2C(=O)O. The third-order valence-corrected chi connectivity index (χ3v) is 3.31. The maximum atomic E-state index is 11.3. The van der Waals surface area contributed by atoms with E-state index in [1.165, 1.54) is 11.1 Å². The van der Waals surface area contributed by atoms with Crippen LogP contribution < -0.4 is 5.32 Å². The molecule has 0 aliphatic carbocycles. The second-order valence-corrected chi connectivity index (χ2v) is 4.63. The monoisotopic (exact) mass is 219 g/mol. The first kappa shape index (κ1) is 11.1. The van der Waals surface area contributed by atoms with Crippen molar-refractivity contribution < 1.29 is 9.90 Å². The third kappa shape index (κ3) is 1.71. The summed E-state index contributed by atoms with van der Waals surface area (Å²) in [6.07, 6.45) is 0.909. The smallest absolute Gasteiger partial charge is 0.325 e. The Labute approximate surface area is 95.5 Å². The van der Waals surface area contributed by atoms with Gasteiger partial charge in [-0.1, -0.05) is 12.1 Å². The molecule has 0 saturated carbocycles. The van der Waals surface area contributed by atoms with E-state index in [-0.39, 0.29) is 6.04 Å². The fraction of sp³-hybridized carbons (Fsp3) is 0.462. The lowest BCUT2D eigenvalue weighted by Crippen LogP contribution is -2.42. The van der Waals surface area contributed by atoms with Gasteiger partial charge >= 0.3 is 5.97 Å². The first-order valence-electron chi connectivity index (χ1n) is 5.58. The van der Waals surface area contributed by atoms with Crippen molar-refractivity contribution >= 4 is 5.97 Å². The van der Waals surface area contributed by atoms with Crippen molar-refractivity contribution in [2.24, 2.45) is 0 Å². The van der Waals surface area contributed by atoms with Gasteiger partial charge in [0.15, 0.2) is 0 Å². The topological polar surface area (TPSA) is 49.3 Å². The summed E-state index contributed by atoms with van der Waals surface area (Å²) in [7, 11) is 0. The minimum atomic E-state index is -0.790. The molecule has 0 saturated heterocycles. The number of hydrogen-bond donors (Lipinski definition) is 2. The summed E-state index contributed by atoms with van der Waals surface area (Å²) < 4.78 is 0. The van der Waals surface area contributed by atoms with Gasteiger partial charge in [0, 0.05) is 6.04 Å². The van der Waals surface area contributed by atoms with Gasteiger partial charge in [-0.25, -0.2) is 0 Å². The summed E-state index contributed by atoms with van der Waals surface area (Å²) in [5, 5.41) is 12.4. The zero-order valence-corrected chi connectivity index (χ0v) is 9.87. The Hall–Kier alpha value is -1.35. The van der Waals surface area contributed by atoms with Crippen molar-refractivity contribution in [1.82, 2.24) is 5.32 Å². The van der Waals surface area contributed by atoms with Gasteiger partial charge < -0.3 is 5.11 Å². The molecule has 1 aromatic carbocycles. The van der Waals surface area contributed by atoms with Crippen molar-refractivity contribution in [3.05, 3.63) is 34.4 Å². The molecule has 2 N–H and O–H groups in total. The van der Waals surface area contributed by atoms with Crippen LogP contribution in [0.5, 0.6) is 0 Å². The molecule has 16 heavy (non-hydrogen) atoms. The van der Waals surface area contributed by atoms with E-state index in [2.05, 4.69) is 18.3 Å². The lowest BCUT2D eigenvalue weighted by Gasteiger charge is -2.31. The van der Waals surface area contributed by atoms with Gasteiger partial charge in [0.1, 0.15) is 6.04 Å². The Morgan fingerprint density at radius 3 is 2.62 bits per heavy atom. The highest BCUT2D eigenvalue weighted by atomic mass is 16.4. The normalized spacial score (nSPS) is 23.9. The molecule has 1 heterocycles. The first-order chi connectivity index (χ1) is 7.50. The van der Waals surface area contributed by atoms with Crippen molar-refractivity contribution in [3.8, 4) is 0 Å². The second kappa shape index (κ2) is 3.91. The summed E-state index contributed by atoms with van der Waals surface area (Å²) in [6.45, 7) is 6.06. The summed E-state index contributed by atoms with van der Waals surface area (Å²) >= 11 is 0. The van der Waals surface area contributed by atoms with Crippen LogP contribution in [0.3, 0.4) is 0 Å². The van der Waals surface area contributed by atoms with Gasteiger partial charge in [0.25, 0.3) is 0 Å². The summed E-state index contributed by atoms with van der Waals surface area (Å²) in [4.78, 5) is 11.3. The van der Waals surface area contributed by atoms with Gasteiger partial charge in [-0.3, -0.25) is 10.1 Å². The molecule has 0 aromatic heterocycles. The Balaban J connectivity index is 2.60. The standard InChI is InChI=1S/C13H17NO2/c1-7-4-5-8(2)11-10(7)6-9(3)14-12(11)13(15)16/h4-5,9,12,14H,6H2,1-3H3,(H,15,16). The van der Waals surface area contributed by atoms with E-state index in [1.807, 2.05) is 19.9 Å². The van der Waals surface area contributed by atoms with Crippen LogP contribution in [0.1, 0.15) is 35.2 Å². The second-order valence-electron chi connectivity index (χ2n) is 4.63. The van der Waals surface area contributed by atoms with Crippen molar-refractivity contribution in [1.29, 1.82) is 0 Å². The van der Waals surface area contributed by atoms with E-state index in [0.717, 1.165) is 17.5 Å². The zero-order valence-electron chi connectivity index (χ0n) is 9.87. The van der Waals surface area contributed by atoms with E-state index in [0.29, 0.717) is 0 Å². The molecule has 1 aromatic rings. The van der Waals surface area contributed by atoms with Gasteiger partial charge in [-0.15, -0.1) is 0 Å². The van der Waals surface area contributed by atoms with Crippen LogP contribution in [0.15, 0.2) is 12.1 Å². The molecule has 2 unspecified atom stereocenters. The average molecular weight is 219 g/mol. The molecule has 3 heteroatoms. The largest absolute Gasteiger partial charge is 0.480 e. The van der Waals surface area contributed by atoms with Crippen LogP contribution in [0.4, 0.5) is 0 Å². The van der Waals surface area contributed by atoms with Crippen molar-refractivity contribution in [2.45, 2.75) is 39.3 Å². The molecule has 86 valence electrons. The molecule has 0 amide bonds. The molecule has 2 rings (SSSR count). The lowest BCUT2D eigenvalue weighted by atomic mass is 9.85. The predicted molar refractivity (Wildman–Crippen MR) is 62.6 cm³/mol. The first-order valence-corrected chi connectivity index (χ1v) is 5.58. The van der Waals surface area contributed by atoms with Gasteiger partial charge in [-0.05, 0) is 49.4 Å². The van der Waals surface area contributed by atoms with Crippen LogP contribution in [-0.4, -0.2) is 17.1 Å². The van der Waals surface area contributed by atoms with Gasteiger partial charge in [0.05, 0.1) is 0 Å². The van der Waals surface area contributed by atoms with E-state index in [1.54, 1.807) is 0 Å². The maximum Gasteiger partial charge on any atom is 0.325 e. The molecule has 0 spiro atoms. The Kier molecular flexibility index (Phi) is 2.72. The summed E-state index contributed by atoms with van der Waals surface area (Å²) in [5.41, 5.74) is 4.43. The molecular formula is C13H17NO2. The molecule has 1 aliphatic heterocycles. The van der Waals surface area contributed by atoms with Gasteiger partial charge in [0.2, 0.25) is 0 Å². The predicted octanol–water partition coefficient (Wildman–Crippen LogP) is 1.96. The minimum absolute atomic E-state index is 0.217. The average Bonchev–Trinajstić information content (AvgIpc) is 2.22. The lowest BCUT2D eigenvalue weighted by molar-refractivity contribution is -0.140. The third-order valence-electron chi connectivity index (χ3n) is 3.31. The molecule has 0 bridgehead atoms. The highest BCUT2D eigenvalue weighted by molar-refractivity contribution is 5.77. The Morgan fingerprint density at radius 2 is 2.00 bits per heavy atom. The van der Waals surface area contributed by atoms with Crippen molar-refractivity contribution in [3.63, 3.8) is 0 Å². The Bertz CT molecular complexity index is 440. The van der Waals surface area contributed by atoms with E-state index in [9.17, 15) is 9.90 Å². The number of aliphatic carboxylic acids is 1. The zero-order chi connectivity index (χ0) is 11.9. The highest BCUT2D eigenvalue weighted by Gasteiger charge is 2.31. The molecule has 2 atom stereocenters. The number of carboxylic acids is 1. The number of carbonyl (C=O) groups is 1.